The predicted octanol–water partition coefficient (Wildman–Crippen LogP) is 3.26. The molecule has 0 aliphatic rings. The van der Waals surface area contributed by atoms with Gasteiger partial charge < -0.3 is 10.6 Å². The molecule has 0 spiro atoms. The molecular formula is C14H32N2. The van der Waals surface area contributed by atoms with Crippen LogP contribution in [0.25, 0.3) is 0 Å². The van der Waals surface area contributed by atoms with Crippen LogP contribution < -0.4 is 5.73 Å². The van der Waals surface area contributed by atoms with Crippen molar-refractivity contribution >= 4 is 0 Å². The van der Waals surface area contributed by atoms with Gasteiger partial charge >= 0.3 is 0 Å². The van der Waals surface area contributed by atoms with Crippen LogP contribution in [0.3, 0.4) is 0 Å². The van der Waals surface area contributed by atoms with E-state index in [9.17, 15) is 0 Å². The summed E-state index contributed by atoms with van der Waals surface area (Å²) >= 11 is 0. The number of likely N-dealkylation sites (N-methyl/N-ethyl adjacent to an activating group) is 1. The third kappa shape index (κ3) is 3.74. The number of nitrogens with two attached hydrogens (primary N) is 1. The molecule has 0 radical (unpaired) electrons. The van der Waals surface area contributed by atoms with Gasteiger partial charge in [-0.05, 0) is 39.3 Å². The van der Waals surface area contributed by atoms with E-state index in [1.165, 1.54) is 12.8 Å². The first-order valence-electron chi connectivity index (χ1n) is 6.87. The van der Waals surface area contributed by atoms with Crippen LogP contribution in [0.1, 0.15) is 59.8 Å². The molecule has 0 aromatic heterocycles. The Bertz CT molecular complexity index is 174. The number of nitrogens with zero attached hydrogens (tertiary/aromatic N) is 1. The maximum atomic E-state index is 6.46. The van der Waals surface area contributed by atoms with Gasteiger partial charge in [0, 0.05) is 11.6 Å². The third-order valence-corrected chi connectivity index (χ3v) is 4.24. The molecule has 0 fully saturated rings. The van der Waals surface area contributed by atoms with Gasteiger partial charge in [-0.1, -0.05) is 40.5 Å². The molecule has 0 aliphatic carbocycles. The fraction of sp³-hybridized carbons (Fsp3) is 1.00. The Balaban J connectivity index is 4.55. The second-order valence-corrected chi connectivity index (χ2v) is 5.44. The van der Waals surface area contributed by atoms with E-state index in [2.05, 4.69) is 46.7 Å². The average Bonchev–Trinajstić information content (AvgIpc) is 2.19. The highest BCUT2D eigenvalue weighted by Crippen LogP contribution is 2.29. The molecule has 0 aliphatic heterocycles. The molecule has 0 aromatic carbocycles. The molecule has 0 saturated carbocycles. The van der Waals surface area contributed by atoms with Gasteiger partial charge in [-0.3, -0.25) is 0 Å². The van der Waals surface area contributed by atoms with E-state index >= 15 is 0 Å². The Morgan fingerprint density at radius 3 is 1.94 bits per heavy atom. The van der Waals surface area contributed by atoms with E-state index in [0.29, 0.717) is 6.04 Å². The van der Waals surface area contributed by atoms with E-state index in [-0.39, 0.29) is 5.54 Å². The molecule has 0 aromatic rings. The van der Waals surface area contributed by atoms with Crippen molar-refractivity contribution < 1.29 is 0 Å². The predicted molar refractivity (Wildman–Crippen MR) is 73.7 cm³/mol. The molecule has 2 atom stereocenters. The minimum Gasteiger partial charge on any atom is -0.326 e. The fourth-order valence-electron chi connectivity index (χ4n) is 3.00. The Kier molecular flexibility index (Phi) is 7.25. The first-order valence-corrected chi connectivity index (χ1v) is 6.87. The average molecular weight is 228 g/mol. The van der Waals surface area contributed by atoms with Crippen LogP contribution in [0, 0.1) is 5.92 Å². The van der Waals surface area contributed by atoms with Crippen LogP contribution in [-0.2, 0) is 0 Å². The largest absolute Gasteiger partial charge is 0.326 e. The van der Waals surface area contributed by atoms with E-state index in [1.807, 2.05) is 0 Å². The van der Waals surface area contributed by atoms with Gasteiger partial charge in [0.15, 0.2) is 0 Å². The lowest BCUT2D eigenvalue weighted by Crippen LogP contribution is -2.57. The van der Waals surface area contributed by atoms with E-state index < -0.39 is 0 Å². The molecule has 16 heavy (non-hydrogen) atoms. The van der Waals surface area contributed by atoms with Crippen molar-refractivity contribution in [2.45, 2.75) is 71.4 Å². The monoisotopic (exact) mass is 228 g/mol. The lowest BCUT2D eigenvalue weighted by molar-refractivity contribution is 0.0942. The van der Waals surface area contributed by atoms with E-state index in [1.54, 1.807) is 0 Å². The maximum absolute atomic E-state index is 6.46. The van der Waals surface area contributed by atoms with Gasteiger partial charge in [0.05, 0.1) is 0 Å². The summed E-state index contributed by atoms with van der Waals surface area (Å²) in [6.07, 6.45) is 5.98. The second kappa shape index (κ2) is 7.29. The molecule has 0 bridgehead atoms. The highest BCUT2D eigenvalue weighted by atomic mass is 15.2. The van der Waals surface area contributed by atoms with Crippen molar-refractivity contribution in [2.24, 2.45) is 11.7 Å². The zero-order chi connectivity index (χ0) is 12.8. The molecule has 0 rings (SSSR count). The summed E-state index contributed by atoms with van der Waals surface area (Å²) in [4.78, 5) is 2.33. The van der Waals surface area contributed by atoms with Gasteiger partial charge in [0.1, 0.15) is 0 Å². The quantitative estimate of drug-likeness (QED) is 0.691. The zero-order valence-corrected chi connectivity index (χ0v) is 12.2. The molecule has 2 nitrogen and oxygen atoms in total. The molecule has 0 saturated heterocycles. The van der Waals surface area contributed by atoms with Crippen molar-refractivity contribution in [2.75, 3.05) is 14.1 Å². The highest BCUT2D eigenvalue weighted by molar-refractivity contribution is 4.95. The zero-order valence-electron chi connectivity index (χ0n) is 12.2. The topological polar surface area (TPSA) is 29.3 Å². The number of rotatable bonds is 8. The van der Waals surface area contributed by atoms with E-state index in [4.69, 9.17) is 5.73 Å². The molecular weight excluding hydrogens is 196 g/mol. The van der Waals surface area contributed by atoms with Crippen molar-refractivity contribution in [3.63, 3.8) is 0 Å². The van der Waals surface area contributed by atoms with Gasteiger partial charge in [0.25, 0.3) is 0 Å². The summed E-state index contributed by atoms with van der Waals surface area (Å²) < 4.78 is 0. The SMILES string of the molecule is CCCC(C)CC(N)C(CC)(CC)N(C)C. The van der Waals surface area contributed by atoms with E-state index in [0.717, 1.165) is 25.2 Å². The smallest absolute Gasteiger partial charge is 0.0349 e. The Morgan fingerprint density at radius 2 is 1.62 bits per heavy atom. The first kappa shape index (κ1) is 15.9. The van der Waals surface area contributed by atoms with Crippen molar-refractivity contribution in [3.05, 3.63) is 0 Å². The molecule has 2 unspecified atom stereocenters. The van der Waals surface area contributed by atoms with Crippen LogP contribution >= 0.6 is 0 Å². The van der Waals surface area contributed by atoms with Crippen molar-refractivity contribution in [1.82, 2.24) is 4.90 Å². The summed E-state index contributed by atoms with van der Waals surface area (Å²) in [7, 11) is 4.33. The molecule has 2 heteroatoms. The van der Waals surface area contributed by atoms with Gasteiger partial charge in [0.2, 0.25) is 0 Å². The van der Waals surface area contributed by atoms with Gasteiger partial charge in [-0.15, -0.1) is 0 Å². The van der Waals surface area contributed by atoms with Crippen LogP contribution in [0.2, 0.25) is 0 Å². The van der Waals surface area contributed by atoms with Crippen molar-refractivity contribution in [1.29, 1.82) is 0 Å². The molecule has 98 valence electrons. The Labute approximate surface area is 103 Å². The third-order valence-electron chi connectivity index (χ3n) is 4.24. The summed E-state index contributed by atoms with van der Waals surface area (Å²) in [5.41, 5.74) is 6.65. The second-order valence-electron chi connectivity index (χ2n) is 5.44. The van der Waals surface area contributed by atoms with Crippen LogP contribution in [0.15, 0.2) is 0 Å². The van der Waals surface area contributed by atoms with Gasteiger partial charge in [-0.25, -0.2) is 0 Å². The maximum Gasteiger partial charge on any atom is 0.0349 e. The summed E-state index contributed by atoms with van der Waals surface area (Å²) in [5.74, 6) is 0.748. The summed E-state index contributed by atoms with van der Waals surface area (Å²) in [6.45, 7) is 9.09. The number of hydrogen-bond donors (Lipinski definition) is 1. The summed E-state index contributed by atoms with van der Waals surface area (Å²) in [5, 5.41) is 0. The lowest BCUT2D eigenvalue weighted by atomic mass is 9.79. The number of hydrogen-bond acceptors (Lipinski definition) is 2. The van der Waals surface area contributed by atoms with Crippen LogP contribution in [0.5, 0.6) is 0 Å². The summed E-state index contributed by atoms with van der Waals surface area (Å²) in [6, 6.07) is 0.291. The minimum atomic E-state index is 0.183. The van der Waals surface area contributed by atoms with Crippen LogP contribution in [-0.4, -0.2) is 30.6 Å². The van der Waals surface area contributed by atoms with Gasteiger partial charge in [-0.2, -0.15) is 0 Å². The normalized spacial score (nSPS) is 16.5. The molecule has 0 amide bonds. The minimum absolute atomic E-state index is 0.183. The Hall–Kier alpha value is -0.0800. The fourth-order valence-corrected chi connectivity index (χ4v) is 3.00. The standard InChI is InChI=1S/C14H32N2/c1-7-10-12(4)11-13(15)14(8-2,9-3)16(5)6/h12-13H,7-11,15H2,1-6H3. The van der Waals surface area contributed by atoms with Crippen molar-refractivity contribution in [3.8, 4) is 0 Å². The molecule has 2 N–H and O–H groups in total. The first-order chi connectivity index (χ1) is 7.44. The highest BCUT2D eigenvalue weighted by Gasteiger charge is 2.35. The molecule has 0 heterocycles. The Morgan fingerprint density at radius 1 is 1.12 bits per heavy atom. The van der Waals surface area contributed by atoms with Crippen LogP contribution in [0.4, 0.5) is 0 Å². The lowest BCUT2D eigenvalue weighted by Gasteiger charge is -2.44.